The van der Waals surface area contributed by atoms with E-state index in [4.69, 9.17) is 4.42 Å². The molecule has 17 heavy (non-hydrogen) atoms. The van der Waals surface area contributed by atoms with Crippen molar-refractivity contribution in [2.24, 2.45) is 0 Å². The first-order valence-corrected chi connectivity index (χ1v) is 5.22. The van der Waals surface area contributed by atoms with E-state index in [-0.39, 0.29) is 6.42 Å². The van der Waals surface area contributed by atoms with Crippen molar-refractivity contribution in [3.63, 3.8) is 0 Å². The van der Waals surface area contributed by atoms with Gasteiger partial charge in [-0.25, -0.2) is 8.78 Å². The number of benzene rings is 1. The van der Waals surface area contributed by atoms with Crippen LogP contribution in [0.1, 0.15) is 23.0 Å². The summed E-state index contributed by atoms with van der Waals surface area (Å²) >= 11 is 0. The minimum Gasteiger partial charge on any atom is -0.469 e. The molecule has 1 heterocycles. The average molecular weight is 238 g/mol. The second kappa shape index (κ2) is 4.67. The molecule has 4 heteroatoms. The molecular formula is C13H12F2O2. The molecule has 0 saturated heterocycles. The van der Waals surface area contributed by atoms with Crippen molar-refractivity contribution in [2.75, 3.05) is 0 Å². The van der Waals surface area contributed by atoms with Crippen LogP contribution in [0.15, 0.2) is 34.9 Å². The van der Waals surface area contributed by atoms with E-state index in [2.05, 4.69) is 0 Å². The summed E-state index contributed by atoms with van der Waals surface area (Å²) in [6.07, 6.45) is 0.761. The van der Waals surface area contributed by atoms with Gasteiger partial charge in [0.15, 0.2) is 0 Å². The lowest BCUT2D eigenvalue weighted by Crippen LogP contribution is -2.01. The average Bonchev–Trinajstić information content (AvgIpc) is 2.63. The molecule has 0 aliphatic rings. The first-order chi connectivity index (χ1) is 8.04. The van der Waals surface area contributed by atoms with Crippen LogP contribution in [0.25, 0.3) is 0 Å². The van der Waals surface area contributed by atoms with Gasteiger partial charge in [-0.2, -0.15) is 0 Å². The fraction of sp³-hybridized carbons (Fsp3) is 0.231. The van der Waals surface area contributed by atoms with E-state index in [9.17, 15) is 13.9 Å². The Balaban J connectivity index is 2.15. The molecule has 90 valence electrons. The minimum atomic E-state index is -0.825. The van der Waals surface area contributed by atoms with Crippen LogP contribution in [0.3, 0.4) is 0 Å². The lowest BCUT2D eigenvalue weighted by Gasteiger charge is -2.08. The van der Waals surface area contributed by atoms with Crippen molar-refractivity contribution in [2.45, 2.75) is 19.4 Å². The first kappa shape index (κ1) is 11.8. The van der Waals surface area contributed by atoms with Gasteiger partial charge in [-0.05, 0) is 30.7 Å². The number of aliphatic hydroxyl groups is 1. The molecule has 0 radical (unpaired) electrons. The standard InChI is InChI=1S/C13H12F2O2/c1-8-2-10(7-17-8)13(16)5-9-3-11(14)6-12(15)4-9/h2-4,6-7,13,16H,5H2,1H3. The van der Waals surface area contributed by atoms with Crippen LogP contribution >= 0.6 is 0 Å². The minimum absolute atomic E-state index is 0.146. The molecule has 2 aromatic rings. The Bertz CT molecular complexity index is 500. The quantitative estimate of drug-likeness (QED) is 0.891. The summed E-state index contributed by atoms with van der Waals surface area (Å²) in [6.45, 7) is 1.76. The number of aliphatic hydroxyl groups excluding tert-OH is 1. The zero-order valence-electron chi connectivity index (χ0n) is 9.28. The highest BCUT2D eigenvalue weighted by Gasteiger charge is 2.12. The zero-order chi connectivity index (χ0) is 12.4. The van der Waals surface area contributed by atoms with Crippen molar-refractivity contribution in [1.82, 2.24) is 0 Å². The Labute approximate surface area is 97.5 Å². The van der Waals surface area contributed by atoms with E-state index >= 15 is 0 Å². The number of halogens is 2. The zero-order valence-corrected chi connectivity index (χ0v) is 9.28. The van der Waals surface area contributed by atoms with Crippen LogP contribution in [-0.2, 0) is 6.42 Å². The fourth-order valence-electron chi connectivity index (χ4n) is 1.71. The molecule has 2 nitrogen and oxygen atoms in total. The molecule has 1 aromatic carbocycles. The van der Waals surface area contributed by atoms with Crippen LogP contribution in [-0.4, -0.2) is 5.11 Å². The van der Waals surface area contributed by atoms with Crippen molar-refractivity contribution < 1.29 is 18.3 Å². The summed E-state index contributed by atoms with van der Waals surface area (Å²) in [4.78, 5) is 0. The van der Waals surface area contributed by atoms with Gasteiger partial charge in [-0.1, -0.05) is 0 Å². The molecule has 0 amide bonds. The first-order valence-electron chi connectivity index (χ1n) is 5.22. The molecule has 0 saturated carbocycles. The highest BCUT2D eigenvalue weighted by atomic mass is 19.1. The van der Waals surface area contributed by atoms with Gasteiger partial charge < -0.3 is 9.52 Å². The molecule has 1 N–H and O–H groups in total. The van der Waals surface area contributed by atoms with E-state index < -0.39 is 17.7 Å². The molecule has 0 aliphatic heterocycles. The third kappa shape index (κ3) is 2.91. The fourth-order valence-corrected chi connectivity index (χ4v) is 1.71. The molecule has 1 atom stereocenters. The molecule has 1 aromatic heterocycles. The van der Waals surface area contributed by atoms with Gasteiger partial charge in [0.2, 0.25) is 0 Å². The normalized spacial score (nSPS) is 12.7. The number of rotatable bonds is 3. The Morgan fingerprint density at radius 1 is 1.18 bits per heavy atom. The number of hydrogen-bond acceptors (Lipinski definition) is 2. The van der Waals surface area contributed by atoms with E-state index in [0.29, 0.717) is 16.9 Å². The van der Waals surface area contributed by atoms with Crippen LogP contribution in [0.5, 0.6) is 0 Å². The smallest absolute Gasteiger partial charge is 0.126 e. The van der Waals surface area contributed by atoms with Gasteiger partial charge in [0.1, 0.15) is 17.4 Å². The summed E-state index contributed by atoms with van der Waals surface area (Å²) in [5.74, 6) is -0.601. The van der Waals surface area contributed by atoms with Gasteiger partial charge in [0.25, 0.3) is 0 Å². The molecular weight excluding hydrogens is 226 g/mol. The summed E-state index contributed by atoms with van der Waals surface area (Å²) in [5, 5.41) is 9.86. The molecule has 0 aliphatic carbocycles. The monoisotopic (exact) mass is 238 g/mol. The summed E-state index contributed by atoms with van der Waals surface area (Å²) in [5.41, 5.74) is 1.01. The lowest BCUT2D eigenvalue weighted by atomic mass is 10.0. The Morgan fingerprint density at radius 3 is 2.35 bits per heavy atom. The van der Waals surface area contributed by atoms with Crippen molar-refractivity contribution >= 4 is 0 Å². The van der Waals surface area contributed by atoms with Crippen molar-refractivity contribution in [3.05, 3.63) is 59.1 Å². The van der Waals surface area contributed by atoms with Crippen LogP contribution in [0.4, 0.5) is 8.78 Å². The number of aryl methyl sites for hydroxylation is 1. The topological polar surface area (TPSA) is 33.4 Å². The van der Waals surface area contributed by atoms with E-state index in [1.165, 1.54) is 18.4 Å². The number of hydrogen-bond donors (Lipinski definition) is 1. The van der Waals surface area contributed by atoms with Gasteiger partial charge in [0.05, 0.1) is 12.4 Å². The predicted molar refractivity (Wildman–Crippen MR) is 58.5 cm³/mol. The summed E-state index contributed by atoms with van der Waals surface area (Å²) in [6, 6.07) is 4.91. The highest BCUT2D eigenvalue weighted by Crippen LogP contribution is 2.21. The van der Waals surface area contributed by atoms with E-state index in [1.807, 2.05) is 0 Å². The SMILES string of the molecule is Cc1cc(C(O)Cc2cc(F)cc(F)c2)co1. The van der Waals surface area contributed by atoms with Crippen LogP contribution in [0.2, 0.25) is 0 Å². The number of furan rings is 1. The lowest BCUT2D eigenvalue weighted by molar-refractivity contribution is 0.177. The third-order valence-electron chi connectivity index (χ3n) is 2.49. The molecule has 0 fully saturated rings. The molecule has 0 bridgehead atoms. The van der Waals surface area contributed by atoms with Gasteiger partial charge in [-0.15, -0.1) is 0 Å². The van der Waals surface area contributed by atoms with E-state index in [0.717, 1.165) is 6.07 Å². The molecule has 0 spiro atoms. The van der Waals surface area contributed by atoms with Gasteiger partial charge >= 0.3 is 0 Å². The van der Waals surface area contributed by atoms with Crippen molar-refractivity contribution in [1.29, 1.82) is 0 Å². The summed E-state index contributed by atoms with van der Waals surface area (Å²) in [7, 11) is 0. The Kier molecular flexibility index (Phi) is 3.24. The van der Waals surface area contributed by atoms with Gasteiger partial charge in [-0.3, -0.25) is 0 Å². The third-order valence-corrected chi connectivity index (χ3v) is 2.49. The van der Waals surface area contributed by atoms with Gasteiger partial charge in [0, 0.05) is 18.1 Å². The van der Waals surface area contributed by atoms with E-state index in [1.54, 1.807) is 13.0 Å². The Morgan fingerprint density at radius 2 is 1.82 bits per heavy atom. The predicted octanol–water partition coefficient (Wildman–Crippen LogP) is 3.14. The van der Waals surface area contributed by atoms with Crippen molar-refractivity contribution in [3.8, 4) is 0 Å². The maximum Gasteiger partial charge on any atom is 0.126 e. The summed E-state index contributed by atoms with van der Waals surface area (Å²) < 4.78 is 31.0. The molecule has 1 unspecified atom stereocenters. The molecule has 2 rings (SSSR count). The largest absolute Gasteiger partial charge is 0.469 e. The van der Waals surface area contributed by atoms with Crippen LogP contribution < -0.4 is 0 Å². The maximum absolute atomic E-state index is 12.9. The Hall–Kier alpha value is -1.68. The highest BCUT2D eigenvalue weighted by molar-refractivity contribution is 5.22. The second-order valence-corrected chi connectivity index (χ2v) is 3.99. The maximum atomic E-state index is 12.9. The van der Waals surface area contributed by atoms with Crippen LogP contribution in [0, 0.1) is 18.6 Å². The second-order valence-electron chi connectivity index (χ2n) is 3.99.